The molecule has 0 atom stereocenters. The number of Topliss-reactive ketones (excluding diaryl/α,β-unsaturated/α-hetero) is 4. The van der Waals surface area contributed by atoms with Gasteiger partial charge in [0, 0.05) is 133 Å². The van der Waals surface area contributed by atoms with Gasteiger partial charge in [-0.3, -0.25) is 29.1 Å². The second-order valence-corrected chi connectivity index (χ2v) is 27.2. The SMILES string of the molecule is CN1C(=Cc2cc[n+](C)c3ccccc23)Oc2ccccc21.COc1ccc2ccccc2c1OC.C[n+]1c2cc(N)ccc2cc2ccc(N)cc21.C[n+]1c2ccccc2c(N)c2ccccc21.O=C1CC(=O)c2ccc3c4c(ccc1c24)C(=O)CC3=O.c1ccc2nc3c4cccnc4c4ncccc4c3nc2c1. The van der Waals surface area contributed by atoms with E-state index in [2.05, 4.69) is 128 Å². The molecule has 1 aliphatic heterocycles. The molecule has 7 heterocycles. The molecule has 6 aromatic heterocycles. The zero-order valence-corrected chi connectivity index (χ0v) is 61.6. The maximum atomic E-state index is 12.0. The monoisotopic (exact) mass is 1460 g/mol. The van der Waals surface area contributed by atoms with Crippen molar-refractivity contribution in [2.45, 2.75) is 12.8 Å². The number of aryl methyl sites for hydroxylation is 3. The van der Waals surface area contributed by atoms with E-state index in [1.165, 1.54) is 32.7 Å². The molecule has 0 saturated carbocycles. The van der Waals surface area contributed by atoms with Crippen molar-refractivity contribution in [2.75, 3.05) is 43.4 Å². The first-order valence-electron chi connectivity index (χ1n) is 36.1. The van der Waals surface area contributed by atoms with Crippen molar-refractivity contribution in [1.82, 2.24) is 19.9 Å². The first-order chi connectivity index (χ1) is 54.0. The molecule has 0 bridgehead atoms. The Labute approximate surface area is 637 Å². The molecule has 18 nitrogen and oxygen atoms in total. The van der Waals surface area contributed by atoms with Crippen LogP contribution in [0.4, 0.5) is 22.7 Å². The first kappa shape index (κ1) is 70.7. The van der Waals surface area contributed by atoms with E-state index in [9.17, 15) is 19.2 Å². The Morgan fingerprint density at radius 1 is 0.423 bits per heavy atom. The second-order valence-electron chi connectivity index (χ2n) is 27.2. The maximum absolute atomic E-state index is 12.0. The molecule has 2 aliphatic carbocycles. The summed E-state index contributed by atoms with van der Waals surface area (Å²) in [4.78, 5) is 68.7. The molecule has 540 valence electrons. The number of benzene rings is 12. The smallest absolute Gasteiger partial charge is 0.214 e. The van der Waals surface area contributed by atoms with Crippen LogP contribution in [-0.4, -0.2) is 64.3 Å². The second kappa shape index (κ2) is 29.6. The number of rotatable bonds is 3. The number of ketones is 4. The van der Waals surface area contributed by atoms with Crippen molar-refractivity contribution < 1.29 is 47.1 Å². The number of pyridine rings is 5. The number of nitrogens with zero attached hydrogens (tertiary/aromatic N) is 8. The number of para-hydroxylation sites is 7. The van der Waals surface area contributed by atoms with Gasteiger partial charge in [0.2, 0.25) is 33.5 Å². The minimum atomic E-state index is -0.253. The molecule has 18 heteroatoms. The molecule has 3 aliphatic rings. The average Bonchev–Trinajstić information content (AvgIpc) is 1.25. The highest BCUT2D eigenvalue weighted by molar-refractivity contribution is 6.35. The van der Waals surface area contributed by atoms with Crippen LogP contribution < -0.4 is 50.0 Å². The lowest BCUT2D eigenvalue weighted by Crippen LogP contribution is -2.30. The molecule has 0 saturated heterocycles. The predicted molar refractivity (Wildman–Crippen MR) is 442 cm³/mol. The Hall–Kier alpha value is -14.7. The quantitative estimate of drug-likeness (QED) is 0.0490. The number of hydrogen-bond donors (Lipinski definition) is 3. The zero-order valence-electron chi connectivity index (χ0n) is 61.6. The fourth-order valence-corrected chi connectivity index (χ4v) is 15.0. The molecule has 0 radical (unpaired) electrons. The fourth-order valence-electron chi connectivity index (χ4n) is 15.0. The summed E-state index contributed by atoms with van der Waals surface area (Å²) < 4.78 is 23.0. The number of carbonyl (C=O) groups excluding carboxylic acids is 4. The highest BCUT2D eigenvalue weighted by Gasteiger charge is 2.33. The Morgan fingerprint density at radius 3 is 1.40 bits per heavy atom. The number of hydrogen-bond acceptors (Lipinski definition) is 15. The minimum Gasteiger partial charge on any atom is -0.493 e. The van der Waals surface area contributed by atoms with E-state index >= 15 is 0 Å². The van der Waals surface area contributed by atoms with E-state index in [0.717, 1.165) is 128 Å². The van der Waals surface area contributed by atoms with Crippen LogP contribution in [0.2, 0.25) is 0 Å². The molecule has 111 heavy (non-hydrogen) atoms. The van der Waals surface area contributed by atoms with Crippen molar-refractivity contribution in [2.24, 2.45) is 21.1 Å². The van der Waals surface area contributed by atoms with E-state index in [1.54, 1.807) is 50.9 Å². The Kier molecular flexibility index (Phi) is 18.8. The summed E-state index contributed by atoms with van der Waals surface area (Å²) in [5, 5.41) is 11.0. The van der Waals surface area contributed by atoms with Crippen LogP contribution in [0.15, 0.2) is 279 Å². The van der Waals surface area contributed by atoms with Crippen LogP contribution in [0, 0.1) is 0 Å². The number of anilines is 4. The first-order valence-corrected chi connectivity index (χ1v) is 36.1. The summed E-state index contributed by atoms with van der Waals surface area (Å²) in [5.41, 5.74) is 35.3. The van der Waals surface area contributed by atoms with Crippen LogP contribution in [0.1, 0.15) is 59.8 Å². The molecular formula is C93H74N11O7+3. The lowest BCUT2D eigenvalue weighted by atomic mass is 9.79. The largest absolute Gasteiger partial charge is 0.493 e. The highest BCUT2D eigenvalue weighted by atomic mass is 16.5. The third-order valence-electron chi connectivity index (χ3n) is 20.6. The Balaban J connectivity index is 0.000000102. The van der Waals surface area contributed by atoms with Gasteiger partial charge in [0.15, 0.2) is 46.6 Å². The van der Waals surface area contributed by atoms with Gasteiger partial charge in [-0.1, -0.05) is 115 Å². The number of carbonyl (C=O) groups is 4. The number of nitrogens with two attached hydrogens (primary N) is 3. The fraction of sp³-hybridized carbons (Fsp3) is 0.0860. The van der Waals surface area contributed by atoms with E-state index in [1.807, 2.05) is 172 Å². The van der Waals surface area contributed by atoms with Crippen LogP contribution in [-0.2, 0) is 21.1 Å². The van der Waals surface area contributed by atoms with E-state index in [-0.39, 0.29) is 36.0 Å². The number of nitrogen functional groups attached to an aromatic ring is 3. The van der Waals surface area contributed by atoms with Crippen LogP contribution in [0.25, 0.3) is 126 Å². The van der Waals surface area contributed by atoms with Gasteiger partial charge in [-0.15, -0.1) is 0 Å². The van der Waals surface area contributed by atoms with Gasteiger partial charge in [0.05, 0.1) is 87.7 Å². The molecule has 0 unspecified atom stereocenters. The van der Waals surface area contributed by atoms with Crippen molar-refractivity contribution >= 4 is 172 Å². The van der Waals surface area contributed by atoms with E-state index < -0.39 is 0 Å². The number of fused-ring (bicyclic) bond motifs is 14. The number of methoxy groups -OCH3 is 2. The number of aromatic nitrogens is 7. The minimum absolute atomic E-state index is 0.150. The van der Waals surface area contributed by atoms with Crippen molar-refractivity contribution in [3.05, 3.63) is 307 Å². The van der Waals surface area contributed by atoms with Gasteiger partial charge in [0.1, 0.15) is 21.1 Å². The molecule has 0 fully saturated rings. The third kappa shape index (κ3) is 13.2. The topological polar surface area (TPSA) is 240 Å². The van der Waals surface area contributed by atoms with Crippen LogP contribution >= 0.6 is 0 Å². The molecule has 0 amide bonds. The molecule has 12 aromatic carbocycles. The average molecular weight is 1460 g/mol. The molecular weight excluding hydrogens is 1380 g/mol. The maximum Gasteiger partial charge on any atom is 0.214 e. The van der Waals surface area contributed by atoms with Gasteiger partial charge in [-0.25, -0.2) is 14.5 Å². The zero-order chi connectivity index (χ0) is 76.7. The summed E-state index contributed by atoms with van der Waals surface area (Å²) in [7, 11) is 11.5. The lowest BCUT2D eigenvalue weighted by molar-refractivity contribution is -0.644. The van der Waals surface area contributed by atoms with Crippen LogP contribution in [0.3, 0.4) is 0 Å². The highest BCUT2D eigenvalue weighted by Crippen LogP contribution is 2.41. The predicted octanol–water partition coefficient (Wildman–Crippen LogP) is 17.0. The molecule has 18 aromatic rings. The van der Waals surface area contributed by atoms with Gasteiger partial charge in [-0.05, 0) is 114 Å². The van der Waals surface area contributed by atoms with Gasteiger partial charge >= 0.3 is 0 Å². The lowest BCUT2D eigenvalue weighted by Gasteiger charge is -2.21. The van der Waals surface area contributed by atoms with Crippen LogP contribution in [0.5, 0.6) is 17.2 Å². The summed E-state index contributed by atoms with van der Waals surface area (Å²) in [6.45, 7) is 0. The molecule has 0 spiro atoms. The summed E-state index contributed by atoms with van der Waals surface area (Å²) in [6, 6.07) is 83.3. The summed E-state index contributed by atoms with van der Waals surface area (Å²) in [6.07, 6.45) is 7.46. The van der Waals surface area contributed by atoms with E-state index in [0.29, 0.717) is 33.0 Å². The Bertz CT molecular complexity index is 6530. The van der Waals surface area contributed by atoms with Crippen molar-refractivity contribution in [3.8, 4) is 17.2 Å². The summed E-state index contributed by atoms with van der Waals surface area (Å²) in [5.74, 6) is 2.31. The molecule has 21 rings (SSSR count). The summed E-state index contributed by atoms with van der Waals surface area (Å²) >= 11 is 0. The Morgan fingerprint density at radius 2 is 0.874 bits per heavy atom. The van der Waals surface area contributed by atoms with Gasteiger partial charge in [0.25, 0.3) is 0 Å². The van der Waals surface area contributed by atoms with Crippen molar-refractivity contribution in [1.29, 1.82) is 0 Å². The van der Waals surface area contributed by atoms with Gasteiger partial charge < -0.3 is 36.3 Å². The van der Waals surface area contributed by atoms with E-state index in [4.69, 9.17) is 41.4 Å². The standard InChI is InChI=1S/C19H17N2O.C18H10N4.C16H8O4.C14H13N3.C14H12N2.C12H12O2/c1-20-12-11-14(15-7-3-4-8-16(15)20)13-19-21(2)17-9-5-6-10-18(17)22-19;1-2-8-14-13(7-1)21-17-11-5-3-9-19-15(11)16-12(18(17)22-14)6-4-10-20-16;17-11-5-13(19)9-3-4-10-14(20)6-12(18)8-2-1-7(11)15(9)16(8)10;1-17-13-7-11(15)4-2-9(13)6-10-3-5-12(16)8-14(10)17;1-16-12-8-4-2-6-10(12)14(15)11-7-3-5-9-13(11)16;1-13-11-8-7-9-5-3-4-6-10(9)12(11)14-2/h3-13H,1-2H3;1-10H;1-4H,5-6H2;2-8H,1H3,(H3,15,16);2-9,15H,1H3;3-8H,1-2H3/q+1;;;;;/p+2. The third-order valence-corrected chi connectivity index (χ3v) is 20.6. The van der Waals surface area contributed by atoms with Crippen molar-refractivity contribution in [3.63, 3.8) is 0 Å². The molecule has 6 N–H and O–H groups in total. The van der Waals surface area contributed by atoms with Gasteiger partial charge in [-0.2, -0.15) is 9.13 Å². The number of ether oxygens (including phenoxy) is 3. The normalized spacial score (nSPS) is 13.0.